The predicted molar refractivity (Wildman–Crippen MR) is 80.1 cm³/mol. The molecule has 5 heteroatoms. The summed E-state index contributed by atoms with van der Waals surface area (Å²) in [7, 11) is 0. The van der Waals surface area contributed by atoms with Gasteiger partial charge in [-0.05, 0) is 43.9 Å². The van der Waals surface area contributed by atoms with Gasteiger partial charge < -0.3 is 15.4 Å². The molecular formula is C15H21ClN2O2. The molecule has 0 bridgehead atoms. The summed E-state index contributed by atoms with van der Waals surface area (Å²) < 4.78 is 5.55. The first-order valence-electron chi connectivity index (χ1n) is 7.05. The van der Waals surface area contributed by atoms with Crippen molar-refractivity contribution in [3.63, 3.8) is 0 Å². The highest BCUT2D eigenvalue weighted by Crippen LogP contribution is 2.15. The Hall–Kier alpha value is -1.26. The van der Waals surface area contributed by atoms with Crippen LogP contribution in [0.25, 0.3) is 0 Å². The van der Waals surface area contributed by atoms with Crippen molar-refractivity contribution in [1.29, 1.82) is 0 Å². The standard InChI is InChI=1S/C15H21ClN2O2/c1-11(14-6-3-9-20-14)18-15(19)17-8-7-12-4-2-5-13(16)10-12/h2,4-5,10-11,14H,3,6-9H2,1H3,(H2,17,18,19). The predicted octanol–water partition coefficient (Wildman–Crippen LogP) is 2.75. The molecule has 2 atom stereocenters. The van der Waals surface area contributed by atoms with Crippen molar-refractivity contribution in [2.24, 2.45) is 0 Å². The minimum atomic E-state index is -0.143. The first-order chi connectivity index (χ1) is 9.65. The quantitative estimate of drug-likeness (QED) is 0.878. The summed E-state index contributed by atoms with van der Waals surface area (Å²) in [5, 5.41) is 6.50. The van der Waals surface area contributed by atoms with Gasteiger partial charge in [0.05, 0.1) is 12.1 Å². The zero-order valence-corrected chi connectivity index (χ0v) is 12.5. The molecule has 1 aliphatic heterocycles. The van der Waals surface area contributed by atoms with E-state index in [1.807, 2.05) is 31.2 Å². The summed E-state index contributed by atoms with van der Waals surface area (Å²) >= 11 is 5.91. The van der Waals surface area contributed by atoms with Gasteiger partial charge in [0.25, 0.3) is 0 Å². The smallest absolute Gasteiger partial charge is 0.315 e. The van der Waals surface area contributed by atoms with Gasteiger partial charge in [-0.25, -0.2) is 4.79 Å². The Bertz CT molecular complexity index is 447. The van der Waals surface area contributed by atoms with E-state index in [0.717, 1.165) is 36.5 Å². The van der Waals surface area contributed by atoms with E-state index in [-0.39, 0.29) is 18.2 Å². The average Bonchev–Trinajstić information content (AvgIpc) is 2.92. The third-order valence-corrected chi connectivity index (χ3v) is 3.70. The van der Waals surface area contributed by atoms with E-state index in [2.05, 4.69) is 10.6 Å². The Balaban J connectivity index is 1.67. The molecule has 1 heterocycles. The van der Waals surface area contributed by atoms with Crippen LogP contribution >= 0.6 is 11.6 Å². The van der Waals surface area contributed by atoms with Crippen LogP contribution in [0.2, 0.25) is 5.02 Å². The summed E-state index contributed by atoms with van der Waals surface area (Å²) in [5.41, 5.74) is 1.12. The van der Waals surface area contributed by atoms with Crippen LogP contribution in [0.1, 0.15) is 25.3 Å². The number of halogens is 1. The van der Waals surface area contributed by atoms with E-state index in [1.165, 1.54) is 0 Å². The van der Waals surface area contributed by atoms with Crippen molar-refractivity contribution in [2.45, 2.75) is 38.3 Å². The van der Waals surface area contributed by atoms with E-state index in [1.54, 1.807) is 0 Å². The van der Waals surface area contributed by atoms with Crippen LogP contribution in [0.15, 0.2) is 24.3 Å². The molecule has 1 aromatic carbocycles. The first kappa shape index (κ1) is 15.1. The van der Waals surface area contributed by atoms with Crippen molar-refractivity contribution in [2.75, 3.05) is 13.2 Å². The molecule has 4 nitrogen and oxygen atoms in total. The molecule has 1 saturated heterocycles. The number of carbonyl (C=O) groups excluding carboxylic acids is 1. The Kier molecular flexibility index (Phi) is 5.68. The van der Waals surface area contributed by atoms with Gasteiger partial charge in [-0.1, -0.05) is 23.7 Å². The van der Waals surface area contributed by atoms with Gasteiger partial charge >= 0.3 is 6.03 Å². The fourth-order valence-electron chi connectivity index (χ4n) is 2.36. The maximum Gasteiger partial charge on any atom is 0.315 e. The number of hydrogen-bond acceptors (Lipinski definition) is 2. The van der Waals surface area contributed by atoms with Gasteiger partial charge in [0.1, 0.15) is 0 Å². The summed E-state index contributed by atoms with van der Waals surface area (Å²) in [5.74, 6) is 0. The second-order valence-electron chi connectivity index (χ2n) is 5.12. The second kappa shape index (κ2) is 7.50. The molecule has 0 spiro atoms. The van der Waals surface area contributed by atoms with Crippen LogP contribution in [0.3, 0.4) is 0 Å². The number of hydrogen-bond donors (Lipinski definition) is 2. The average molecular weight is 297 g/mol. The molecular weight excluding hydrogens is 276 g/mol. The lowest BCUT2D eigenvalue weighted by atomic mass is 10.1. The number of rotatable bonds is 5. The topological polar surface area (TPSA) is 50.4 Å². The lowest BCUT2D eigenvalue weighted by molar-refractivity contribution is 0.0860. The fourth-order valence-corrected chi connectivity index (χ4v) is 2.57. The van der Waals surface area contributed by atoms with Crippen LogP contribution in [-0.4, -0.2) is 31.3 Å². The number of nitrogens with one attached hydrogen (secondary N) is 2. The molecule has 20 heavy (non-hydrogen) atoms. The highest BCUT2D eigenvalue weighted by Gasteiger charge is 2.23. The third kappa shape index (κ3) is 4.69. The third-order valence-electron chi connectivity index (χ3n) is 3.47. The maximum atomic E-state index is 11.8. The number of ether oxygens (including phenoxy) is 1. The first-order valence-corrected chi connectivity index (χ1v) is 7.43. The van der Waals surface area contributed by atoms with Crippen LogP contribution in [0, 0.1) is 0 Å². The minimum absolute atomic E-state index is 0.0451. The van der Waals surface area contributed by atoms with Gasteiger partial charge in [0, 0.05) is 18.2 Å². The zero-order chi connectivity index (χ0) is 14.4. The Morgan fingerprint density at radius 1 is 1.55 bits per heavy atom. The molecule has 2 N–H and O–H groups in total. The summed E-state index contributed by atoms with van der Waals surface area (Å²) in [6.45, 7) is 3.37. The van der Waals surface area contributed by atoms with Gasteiger partial charge in [0.2, 0.25) is 0 Å². The normalized spacial score (nSPS) is 19.6. The SMILES string of the molecule is CC(NC(=O)NCCc1cccc(Cl)c1)C1CCCO1. The van der Waals surface area contributed by atoms with E-state index >= 15 is 0 Å². The number of amides is 2. The van der Waals surface area contributed by atoms with Gasteiger partial charge in [-0.15, -0.1) is 0 Å². The summed E-state index contributed by atoms with van der Waals surface area (Å²) in [6.07, 6.45) is 3.01. The maximum absolute atomic E-state index is 11.8. The minimum Gasteiger partial charge on any atom is -0.376 e. The van der Waals surface area contributed by atoms with Crippen LogP contribution in [-0.2, 0) is 11.2 Å². The molecule has 0 saturated carbocycles. The Morgan fingerprint density at radius 2 is 2.40 bits per heavy atom. The molecule has 0 aliphatic carbocycles. The number of urea groups is 1. The highest BCUT2D eigenvalue weighted by atomic mass is 35.5. The molecule has 2 rings (SSSR count). The molecule has 0 aromatic heterocycles. The summed E-state index contributed by atoms with van der Waals surface area (Å²) in [6, 6.07) is 7.57. The van der Waals surface area contributed by atoms with Crippen molar-refractivity contribution in [3.05, 3.63) is 34.9 Å². The molecule has 1 fully saturated rings. The van der Waals surface area contributed by atoms with E-state index < -0.39 is 0 Å². The molecule has 1 aliphatic rings. The second-order valence-corrected chi connectivity index (χ2v) is 5.56. The fraction of sp³-hybridized carbons (Fsp3) is 0.533. The van der Waals surface area contributed by atoms with Gasteiger partial charge in [-0.3, -0.25) is 0 Å². The number of benzene rings is 1. The van der Waals surface area contributed by atoms with E-state index in [9.17, 15) is 4.79 Å². The van der Waals surface area contributed by atoms with E-state index in [0.29, 0.717) is 6.54 Å². The van der Waals surface area contributed by atoms with Gasteiger partial charge in [-0.2, -0.15) is 0 Å². The van der Waals surface area contributed by atoms with Gasteiger partial charge in [0.15, 0.2) is 0 Å². The largest absolute Gasteiger partial charge is 0.376 e. The molecule has 110 valence electrons. The molecule has 0 radical (unpaired) electrons. The van der Waals surface area contributed by atoms with Crippen molar-refractivity contribution >= 4 is 17.6 Å². The van der Waals surface area contributed by atoms with Crippen molar-refractivity contribution in [1.82, 2.24) is 10.6 Å². The van der Waals surface area contributed by atoms with Crippen LogP contribution in [0.4, 0.5) is 4.79 Å². The summed E-state index contributed by atoms with van der Waals surface area (Å²) in [4.78, 5) is 11.8. The Labute approximate surface area is 124 Å². The lowest BCUT2D eigenvalue weighted by Gasteiger charge is -2.20. The monoisotopic (exact) mass is 296 g/mol. The van der Waals surface area contributed by atoms with E-state index in [4.69, 9.17) is 16.3 Å². The van der Waals surface area contributed by atoms with Crippen molar-refractivity contribution in [3.8, 4) is 0 Å². The molecule has 2 amide bonds. The lowest BCUT2D eigenvalue weighted by Crippen LogP contribution is -2.46. The molecule has 1 aromatic rings. The highest BCUT2D eigenvalue weighted by molar-refractivity contribution is 6.30. The van der Waals surface area contributed by atoms with Crippen LogP contribution < -0.4 is 10.6 Å². The zero-order valence-electron chi connectivity index (χ0n) is 11.7. The van der Waals surface area contributed by atoms with Crippen LogP contribution in [0.5, 0.6) is 0 Å². The molecule has 2 unspecified atom stereocenters. The van der Waals surface area contributed by atoms with Crippen molar-refractivity contribution < 1.29 is 9.53 Å². The Morgan fingerprint density at radius 3 is 3.10 bits per heavy atom. The number of carbonyl (C=O) groups is 1.